The molecule has 1 aliphatic heterocycles. The highest BCUT2D eigenvalue weighted by Gasteiger charge is 2.24. The molecule has 1 saturated heterocycles. The van der Waals surface area contributed by atoms with E-state index in [9.17, 15) is 4.39 Å². The molecule has 0 saturated carbocycles. The van der Waals surface area contributed by atoms with Crippen LogP contribution in [0.15, 0.2) is 30.6 Å². The van der Waals surface area contributed by atoms with Crippen LogP contribution in [0.25, 0.3) is 0 Å². The Morgan fingerprint density at radius 3 is 3.00 bits per heavy atom. The van der Waals surface area contributed by atoms with E-state index in [-0.39, 0.29) is 5.82 Å². The standard InChI is InChI=1S/C18H22FN3O/c1-13-9-20-10-17(21-13)14-5-4-8-22(11-14)12-15-16(19)6-3-7-18(15)23-2/h3,6-7,9-10,14H,4-5,8,11-12H2,1-2H3. The molecule has 0 aliphatic carbocycles. The molecule has 2 aromatic rings. The van der Waals surface area contributed by atoms with Crippen molar-refractivity contribution in [2.24, 2.45) is 0 Å². The van der Waals surface area contributed by atoms with Gasteiger partial charge in [0.1, 0.15) is 11.6 Å². The van der Waals surface area contributed by atoms with Crippen LogP contribution in [-0.2, 0) is 6.54 Å². The fourth-order valence-electron chi connectivity index (χ4n) is 3.23. The van der Waals surface area contributed by atoms with Crippen molar-refractivity contribution in [2.75, 3.05) is 20.2 Å². The quantitative estimate of drug-likeness (QED) is 0.867. The van der Waals surface area contributed by atoms with Gasteiger partial charge in [-0.2, -0.15) is 0 Å². The molecular weight excluding hydrogens is 293 g/mol. The van der Waals surface area contributed by atoms with Gasteiger partial charge >= 0.3 is 0 Å². The first-order valence-electron chi connectivity index (χ1n) is 7.99. The molecule has 4 nitrogen and oxygen atoms in total. The van der Waals surface area contributed by atoms with Gasteiger partial charge < -0.3 is 4.74 Å². The molecule has 5 heteroatoms. The SMILES string of the molecule is COc1cccc(F)c1CN1CCCC(c2cncc(C)n2)C1. The second kappa shape index (κ2) is 7.04. The molecule has 1 unspecified atom stereocenters. The summed E-state index contributed by atoms with van der Waals surface area (Å²) in [5.74, 6) is 0.762. The topological polar surface area (TPSA) is 38.2 Å². The number of hydrogen-bond donors (Lipinski definition) is 0. The summed E-state index contributed by atoms with van der Waals surface area (Å²) in [6.45, 7) is 4.36. The Hall–Kier alpha value is -2.01. The number of hydrogen-bond acceptors (Lipinski definition) is 4. The second-order valence-electron chi connectivity index (χ2n) is 6.08. The van der Waals surface area contributed by atoms with Crippen molar-refractivity contribution in [1.82, 2.24) is 14.9 Å². The van der Waals surface area contributed by atoms with Crippen molar-refractivity contribution in [2.45, 2.75) is 32.2 Å². The van der Waals surface area contributed by atoms with Crippen molar-refractivity contribution in [3.05, 3.63) is 53.4 Å². The van der Waals surface area contributed by atoms with Crippen LogP contribution in [-0.4, -0.2) is 35.1 Å². The van der Waals surface area contributed by atoms with Gasteiger partial charge in [-0.3, -0.25) is 14.9 Å². The number of ether oxygens (including phenoxy) is 1. The van der Waals surface area contributed by atoms with E-state index in [4.69, 9.17) is 4.74 Å². The summed E-state index contributed by atoms with van der Waals surface area (Å²) < 4.78 is 19.4. The number of aryl methyl sites for hydroxylation is 1. The third-order valence-corrected chi connectivity index (χ3v) is 4.37. The van der Waals surface area contributed by atoms with E-state index in [1.165, 1.54) is 6.07 Å². The van der Waals surface area contributed by atoms with Gasteiger partial charge in [0.15, 0.2) is 0 Å². The van der Waals surface area contributed by atoms with Gasteiger partial charge in [-0.05, 0) is 38.4 Å². The van der Waals surface area contributed by atoms with Crippen LogP contribution in [0.4, 0.5) is 4.39 Å². The van der Waals surface area contributed by atoms with Crippen LogP contribution < -0.4 is 4.74 Å². The molecular formula is C18H22FN3O. The first-order chi connectivity index (χ1) is 11.2. The molecule has 1 fully saturated rings. The normalized spacial score (nSPS) is 18.8. The van der Waals surface area contributed by atoms with E-state index < -0.39 is 0 Å². The molecule has 3 rings (SSSR count). The molecule has 0 spiro atoms. The van der Waals surface area contributed by atoms with E-state index in [2.05, 4.69) is 14.9 Å². The zero-order valence-electron chi connectivity index (χ0n) is 13.6. The van der Waals surface area contributed by atoms with Gasteiger partial charge in [0.2, 0.25) is 0 Å². The van der Waals surface area contributed by atoms with Crippen LogP contribution in [0.1, 0.15) is 35.7 Å². The number of benzene rings is 1. The van der Waals surface area contributed by atoms with Crippen LogP contribution in [0, 0.1) is 12.7 Å². The molecule has 23 heavy (non-hydrogen) atoms. The van der Waals surface area contributed by atoms with Crippen molar-refractivity contribution >= 4 is 0 Å². The van der Waals surface area contributed by atoms with Crippen LogP contribution in [0.5, 0.6) is 5.75 Å². The lowest BCUT2D eigenvalue weighted by Crippen LogP contribution is -2.34. The summed E-state index contributed by atoms with van der Waals surface area (Å²) >= 11 is 0. The largest absolute Gasteiger partial charge is 0.496 e. The summed E-state index contributed by atoms with van der Waals surface area (Å²) in [4.78, 5) is 11.1. The van der Waals surface area contributed by atoms with Crippen molar-refractivity contribution in [3.8, 4) is 5.75 Å². The summed E-state index contributed by atoms with van der Waals surface area (Å²) in [7, 11) is 1.58. The molecule has 1 aromatic carbocycles. The number of rotatable bonds is 4. The smallest absolute Gasteiger partial charge is 0.131 e. The van der Waals surface area contributed by atoms with Gasteiger partial charge in [0.05, 0.1) is 18.5 Å². The second-order valence-corrected chi connectivity index (χ2v) is 6.08. The minimum absolute atomic E-state index is 0.207. The summed E-state index contributed by atoms with van der Waals surface area (Å²) in [6, 6.07) is 4.98. The number of aromatic nitrogens is 2. The van der Waals surface area contributed by atoms with E-state index in [1.807, 2.05) is 19.2 Å². The van der Waals surface area contributed by atoms with E-state index in [0.29, 0.717) is 23.8 Å². The van der Waals surface area contributed by atoms with Gasteiger partial charge in [-0.1, -0.05) is 6.07 Å². The van der Waals surface area contributed by atoms with Crippen molar-refractivity contribution < 1.29 is 9.13 Å². The first-order valence-corrected chi connectivity index (χ1v) is 7.99. The van der Waals surface area contributed by atoms with E-state index >= 15 is 0 Å². The number of nitrogens with zero attached hydrogens (tertiary/aromatic N) is 3. The number of piperidine rings is 1. The zero-order chi connectivity index (χ0) is 16.2. The predicted molar refractivity (Wildman–Crippen MR) is 87.0 cm³/mol. The van der Waals surface area contributed by atoms with Crippen molar-refractivity contribution in [1.29, 1.82) is 0 Å². The van der Waals surface area contributed by atoms with Gasteiger partial charge in [0, 0.05) is 37.0 Å². The average molecular weight is 315 g/mol. The Labute approximate surface area is 136 Å². The maximum Gasteiger partial charge on any atom is 0.131 e. The highest BCUT2D eigenvalue weighted by Crippen LogP contribution is 2.29. The fraction of sp³-hybridized carbons (Fsp3) is 0.444. The summed E-state index contributed by atoms with van der Waals surface area (Å²) in [5.41, 5.74) is 2.61. The molecule has 0 bridgehead atoms. The van der Waals surface area contributed by atoms with E-state index in [0.717, 1.165) is 37.3 Å². The van der Waals surface area contributed by atoms with E-state index in [1.54, 1.807) is 19.4 Å². The maximum absolute atomic E-state index is 14.1. The lowest BCUT2D eigenvalue weighted by atomic mass is 9.94. The van der Waals surface area contributed by atoms with Crippen molar-refractivity contribution in [3.63, 3.8) is 0 Å². The average Bonchev–Trinajstić information content (AvgIpc) is 2.57. The Morgan fingerprint density at radius 1 is 1.35 bits per heavy atom. The Morgan fingerprint density at radius 2 is 2.22 bits per heavy atom. The Kier molecular flexibility index (Phi) is 4.86. The minimum Gasteiger partial charge on any atom is -0.496 e. The zero-order valence-corrected chi connectivity index (χ0v) is 13.6. The number of halogens is 1. The molecule has 0 radical (unpaired) electrons. The minimum atomic E-state index is -0.207. The number of likely N-dealkylation sites (tertiary alicyclic amines) is 1. The molecule has 1 atom stereocenters. The highest BCUT2D eigenvalue weighted by atomic mass is 19.1. The molecule has 1 aromatic heterocycles. The third kappa shape index (κ3) is 3.67. The fourth-order valence-corrected chi connectivity index (χ4v) is 3.23. The third-order valence-electron chi connectivity index (χ3n) is 4.37. The Balaban J connectivity index is 1.75. The van der Waals surface area contributed by atoms with Gasteiger partial charge in [0.25, 0.3) is 0 Å². The summed E-state index contributed by atoms with van der Waals surface area (Å²) in [6.07, 6.45) is 5.80. The highest BCUT2D eigenvalue weighted by molar-refractivity contribution is 5.34. The van der Waals surface area contributed by atoms with Crippen LogP contribution in [0.2, 0.25) is 0 Å². The molecule has 0 N–H and O–H groups in total. The lowest BCUT2D eigenvalue weighted by Gasteiger charge is -2.32. The molecule has 1 aliphatic rings. The molecule has 0 amide bonds. The molecule has 122 valence electrons. The van der Waals surface area contributed by atoms with Crippen LogP contribution in [0.3, 0.4) is 0 Å². The maximum atomic E-state index is 14.1. The first kappa shape index (κ1) is 15.9. The lowest BCUT2D eigenvalue weighted by molar-refractivity contribution is 0.193. The summed E-state index contributed by atoms with van der Waals surface area (Å²) in [5, 5.41) is 0. The van der Waals surface area contributed by atoms with Gasteiger partial charge in [-0.25, -0.2) is 4.39 Å². The monoisotopic (exact) mass is 315 g/mol. The number of methoxy groups -OCH3 is 1. The Bertz CT molecular complexity index is 677. The van der Waals surface area contributed by atoms with Crippen LogP contribution >= 0.6 is 0 Å². The molecule has 2 heterocycles. The van der Waals surface area contributed by atoms with Gasteiger partial charge in [-0.15, -0.1) is 0 Å². The predicted octanol–water partition coefficient (Wildman–Crippen LogP) is 3.31.